The first-order valence-corrected chi connectivity index (χ1v) is 5.32. The molecule has 1 aliphatic rings. The first-order chi connectivity index (χ1) is 7.95. The fourth-order valence-electron chi connectivity index (χ4n) is 1.98. The van der Waals surface area contributed by atoms with Crippen LogP contribution >= 0.6 is 0 Å². The van der Waals surface area contributed by atoms with E-state index in [2.05, 4.69) is 25.6 Å². The smallest absolute Gasteiger partial charge is 0.109 e. The average molecular weight is 216 g/mol. The van der Waals surface area contributed by atoms with E-state index >= 15 is 0 Å². The highest BCUT2D eigenvalue weighted by atomic mass is 15.4. The second-order valence-corrected chi connectivity index (χ2v) is 3.80. The lowest BCUT2D eigenvalue weighted by atomic mass is 10.2. The second kappa shape index (κ2) is 3.97. The second-order valence-electron chi connectivity index (χ2n) is 3.80. The summed E-state index contributed by atoms with van der Waals surface area (Å²) in [7, 11) is 0. The lowest BCUT2D eigenvalue weighted by molar-refractivity contribution is 0.480. The fourth-order valence-corrected chi connectivity index (χ4v) is 1.98. The molecule has 6 heteroatoms. The van der Waals surface area contributed by atoms with Crippen LogP contribution in [0.1, 0.15) is 12.5 Å². The van der Waals surface area contributed by atoms with E-state index in [-0.39, 0.29) is 0 Å². The van der Waals surface area contributed by atoms with Gasteiger partial charge in [0.2, 0.25) is 0 Å². The molecule has 1 aliphatic heterocycles. The zero-order chi connectivity index (χ0) is 10.8. The first-order valence-electron chi connectivity index (χ1n) is 5.32. The van der Waals surface area contributed by atoms with E-state index in [0.717, 1.165) is 30.9 Å². The van der Waals surface area contributed by atoms with Gasteiger partial charge in [-0.2, -0.15) is 0 Å². The highest BCUT2D eigenvalue weighted by Crippen LogP contribution is 2.21. The molecule has 3 rings (SSSR count). The van der Waals surface area contributed by atoms with Gasteiger partial charge in [-0.05, 0) is 13.0 Å². The molecular formula is C10H12N6. The maximum Gasteiger partial charge on any atom is 0.109 e. The third-order valence-corrected chi connectivity index (χ3v) is 2.78. The highest BCUT2D eigenvalue weighted by Gasteiger charge is 2.21. The number of hydrogen-bond acceptors (Lipinski definition) is 5. The first kappa shape index (κ1) is 9.41. The van der Waals surface area contributed by atoms with Gasteiger partial charge in [0.05, 0.1) is 18.4 Å². The van der Waals surface area contributed by atoms with Crippen molar-refractivity contribution < 1.29 is 0 Å². The lowest BCUT2D eigenvalue weighted by Gasteiger charge is -2.11. The van der Waals surface area contributed by atoms with Crippen molar-refractivity contribution in [2.75, 3.05) is 13.1 Å². The van der Waals surface area contributed by atoms with Crippen molar-refractivity contribution in [3.8, 4) is 11.4 Å². The van der Waals surface area contributed by atoms with E-state index < -0.39 is 0 Å². The molecule has 1 saturated heterocycles. The summed E-state index contributed by atoms with van der Waals surface area (Å²) in [6.45, 7) is 1.97. The zero-order valence-corrected chi connectivity index (χ0v) is 8.74. The van der Waals surface area contributed by atoms with Gasteiger partial charge in [0, 0.05) is 18.9 Å². The Morgan fingerprint density at radius 1 is 1.31 bits per heavy atom. The van der Waals surface area contributed by atoms with Gasteiger partial charge in [0.15, 0.2) is 0 Å². The van der Waals surface area contributed by atoms with E-state index in [0.29, 0.717) is 6.04 Å². The molecule has 0 aromatic carbocycles. The molecule has 1 unspecified atom stereocenters. The van der Waals surface area contributed by atoms with Crippen LogP contribution in [-0.4, -0.2) is 38.1 Å². The van der Waals surface area contributed by atoms with Gasteiger partial charge in [-0.25, -0.2) is 4.68 Å². The fraction of sp³-hybridized carbons (Fsp3) is 0.400. The third-order valence-electron chi connectivity index (χ3n) is 2.78. The molecule has 0 aliphatic carbocycles. The molecule has 3 heterocycles. The minimum atomic E-state index is 0.375. The van der Waals surface area contributed by atoms with E-state index in [1.54, 1.807) is 24.8 Å². The number of hydrogen-bond donors (Lipinski definition) is 1. The topological polar surface area (TPSA) is 68.5 Å². The molecule has 2 aromatic rings. The Balaban J connectivity index is 1.99. The summed E-state index contributed by atoms with van der Waals surface area (Å²) < 4.78 is 1.93. The molecule has 0 spiro atoms. The molecule has 0 radical (unpaired) electrons. The highest BCUT2D eigenvalue weighted by molar-refractivity contribution is 5.51. The Morgan fingerprint density at radius 2 is 2.31 bits per heavy atom. The average Bonchev–Trinajstić information content (AvgIpc) is 3.01. The summed E-state index contributed by atoms with van der Waals surface area (Å²) in [5.41, 5.74) is 1.75. The van der Waals surface area contributed by atoms with Gasteiger partial charge in [-0.3, -0.25) is 9.97 Å². The van der Waals surface area contributed by atoms with Crippen molar-refractivity contribution in [2.24, 2.45) is 0 Å². The Labute approximate surface area is 92.7 Å². The number of rotatable bonds is 2. The van der Waals surface area contributed by atoms with Crippen molar-refractivity contribution in [3.63, 3.8) is 0 Å². The van der Waals surface area contributed by atoms with Crippen molar-refractivity contribution >= 4 is 0 Å². The minimum absolute atomic E-state index is 0.375. The Morgan fingerprint density at radius 3 is 3.06 bits per heavy atom. The van der Waals surface area contributed by atoms with Crippen LogP contribution in [0.15, 0.2) is 24.8 Å². The molecule has 1 atom stereocenters. The molecule has 0 amide bonds. The molecule has 2 aromatic heterocycles. The monoisotopic (exact) mass is 216 g/mol. The lowest BCUT2D eigenvalue weighted by Crippen LogP contribution is -2.15. The summed E-state index contributed by atoms with van der Waals surface area (Å²) in [5.74, 6) is 0. The maximum atomic E-state index is 4.27. The predicted octanol–water partition coefficient (Wildman–Crippen LogP) is 0.269. The normalized spacial score (nSPS) is 20.1. The molecule has 0 saturated carbocycles. The Kier molecular flexibility index (Phi) is 2.34. The summed E-state index contributed by atoms with van der Waals surface area (Å²) in [5, 5.41) is 11.4. The van der Waals surface area contributed by atoms with Crippen LogP contribution in [0.3, 0.4) is 0 Å². The quantitative estimate of drug-likeness (QED) is 0.780. The van der Waals surface area contributed by atoms with Gasteiger partial charge >= 0.3 is 0 Å². The van der Waals surface area contributed by atoms with Crippen LogP contribution < -0.4 is 5.32 Å². The maximum absolute atomic E-state index is 4.27. The number of aromatic nitrogens is 5. The van der Waals surface area contributed by atoms with Crippen LogP contribution in [-0.2, 0) is 0 Å². The molecule has 82 valence electrons. The van der Waals surface area contributed by atoms with Crippen molar-refractivity contribution in [1.82, 2.24) is 30.3 Å². The molecular weight excluding hydrogens is 204 g/mol. The van der Waals surface area contributed by atoms with Gasteiger partial charge < -0.3 is 5.32 Å². The van der Waals surface area contributed by atoms with E-state index in [1.807, 2.05) is 4.68 Å². The Bertz CT molecular complexity index is 459. The van der Waals surface area contributed by atoms with Gasteiger partial charge in [-0.15, -0.1) is 5.10 Å². The third kappa shape index (κ3) is 1.57. The molecule has 6 nitrogen and oxygen atoms in total. The van der Waals surface area contributed by atoms with Crippen LogP contribution in [0.4, 0.5) is 0 Å². The largest absolute Gasteiger partial charge is 0.315 e. The van der Waals surface area contributed by atoms with E-state index in [1.165, 1.54) is 0 Å². The summed E-state index contributed by atoms with van der Waals surface area (Å²) in [4.78, 5) is 8.33. The van der Waals surface area contributed by atoms with Gasteiger partial charge in [0.1, 0.15) is 11.4 Å². The zero-order valence-electron chi connectivity index (χ0n) is 8.74. The van der Waals surface area contributed by atoms with Crippen molar-refractivity contribution in [3.05, 3.63) is 24.8 Å². The van der Waals surface area contributed by atoms with Gasteiger partial charge in [-0.1, -0.05) is 5.21 Å². The predicted molar refractivity (Wildman–Crippen MR) is 57.6 cm³/mol. The molecule has 1 N–H and O–H groups in total. The molecule has 0 bridgehead atoms. The van der Waals surface area contributed by atoms with E-state index in [9.17, 15) is 0 Å². The van der Waals surface area contributed by atoms with Crippen LogP contribution in [0.5, 0.6) is 0 Å². The summed E-state index contributed by atoms with van der Waals surface area (Å²) in [6.07, 6.45) is 7.89. The standard InChI is InChI=1S/C10H12N6/c1-2-11-5-8(1)16-10(7-14-15-16)9-6-12-3-4-13-9/h3-4,6-8,11H,1-2,5H2. The number of nitrogens with one attached hydrogen (secondary N) is 1. The summed E-state index contributed by atoms with van der Waals surface area (Å²) >= 11 is 0. The molecule has 1 fully saturated rings. The Hall–Kier alpha value is -1.82. The SMILES string of the molecule is c1cnc(-c2cnnn2C2CCNC2)cn1. The van der Waals surface area contributed by atoms with Crippen LogP contribution in [0.2, 0.25) is 0 Å². The molecule has 16 heavy (non-hydrogen) atoms. The summed E-state index contributed by atoms with van der Waals surface area (Å²) in [6, 6.07) is 0.375. The van der Waals surface area contributed by atoms with Crippen molar-refractivity contribution in [1.29, 1.82) is 0 Å². The number of nitrogens with zero attached hydrogens (tertiary/aromatic N) is 5. The van der Waals surface area contributed by atoms with Gasteiger partial charge in [0.25, 0.3) is 0 Å². The minimum Gasteiger partial charge on any atom is -0.315 e. The van der Waals surface area contributed by atoms with E-state index in [4.69, 9.17) is 0 Å². The van der Waals surface area contributed by atoms with Crippen LogP contribution in [0, 0.1) is 0 Å². The van der Waals surface area contributed by atoms with Crippen molar-refractivity contribution in [2.45, 2.75) is 12.5 Å². The van der Waals surface area contributed by atoms with Crippen LogP contribution in [0.25, 0.3) is 11.4 Å².